The minimum atomic E-state index is -0.403. The molecule has 0 saturated heterocycles. The van der Waals surface area contributed by atoms with Crippen molar-refractivity contribution in [3.8, 4) is 0 Å². The fraction of sp³-hybridized carbons (Fsp3) is 0.462. The third-order valence-corrected chi connectivity index (χ3v) is 3.18. The molecule has 92 valence electrons. The Morgan fingerprint density at radius 2 is 2.24 bits per heavy atom. The first kappa shape index (κ1) is 12.1. The van der Waals surface area contributed by atoms with Crippen molar-refractivity contribution < 1.29 is 5.11 Å². The van der Waals surface area contributed by atoms with Crippen LogP contribution >= 0.6 is 0 Å². The van der Waals surface area contributed by atoms with Crippen LogP contribution in [0.1, 0.15) is 26.5 Å². The summed E-state index contributed by atoms with van der Waals surface area (Å²) < 4.78 is 1.99. The van der Waals surface area contributed by atoms with Gasteiger partial charge < -0.3 is 14.8 Å². The summed E-state index contributed by atoms with van der Waals surface area (Å²) in [7, 11) is 0. The molecule has 0 amide bonds. The van der Waals surface area contributed by atoms with Crippen LogP contribution in [-0.2, 0) is 6.54 Å². The number of nitrogens with one attached hydrogen (secondary N) is 1. The third-order valence-electron chi connectivity index (χ3n) is 3.18. The Bertz CT molecular complexity index is 469. The Hall–Kier alpha value is -1.39. The summed E-state index contributed by atoms with van der Waals surface area (Å²) in [6.45, 7) is 6.40. The molecule has 1 atom stereocenters. The van der Waals surface area contributed by atoms with E-state index in [0.717, 1.165) is 11.3 Å². The number of aliphatic hydroxyl groups is 1. The van der Waals surface area contributed by atoms with Crippen LogP contribution in [0.25, 0.3) is 5.65 Å². The highest BCUT2D eigenvalue weighted by Gasteiger charge is 2.23. The zero-order chi connectivity index (χ0) is 12.5. The van der Waals surface area contributed by atoms with Crippen LogP contribution in [-0.4, -0.2) is 26.1 Å². The molecule has 4 heteroatoms. The summed E-state index contributed by atoms with van der Waals surface area (Å²) in [5, 5.41) is 12.9. The van der Waals surface area contributed by atoms with Crippen molar-refractivity contribution in [1.82, 2.24) is 14.7 Å². The van der Waals surface area contributed by atoms with Crippen molar-refractivity contribution in [3.05, 3.63) is 36.3 Å². The molecule has 0 aliphatic rings. The minimum Gasteiger partial charge on any atom is -0.392 e. The number of pyridine rings is 1. The smallest absolute Gasteiger partial charge is 0.137 e. The molecular formula is C13H19N3O. The molecule has 2 N–H and O–H groups in total. The van der Waals surface area contributed by atoms with Gasteiger partial charge in [-0.3, -0.25) is 0 Å². The summed E-state index contributed by atoms with van der Waals surface area (Å²) in [4.78, 5) is 4.49. The zero-order valence-corrected chi connectivity index (χ0v) is 10.5. The lowest BCUT2D eigenvalue weighted by Gasteiger charge is -2.29. The van der Waals surface area contributed by atoms with E-state index in [1.54, 1.807) is 6.92 Å². The normalized spacial score (nSPS) is 14.1. The van der Waals surface area contributed by atoms with E-state index < -0.39 is 6.10 Å². The van der Waals surface area contributed by atoms with E-state index in [4.69, 9.17) is 0 Å². The van der Waals surface area contributed by atoms with Crippen molar-refractivity contribution in [3.63, 3.8) is 0 Å². The fourth-order valence-corrected chi connectivity index (χ4v) is 1.54. The Balaban J connectivity index is 2.09. The molecule has 0 radical (unpaired) electrons. The fourth-order valence-electron chi connectivity index (χ4n) is 1.54. The van der Waals surface area contributed by atoms with Crippen LogP contribution in [0.15, 0.2) is 30.6 Å². The van der Waals surface area contributed by atoms with E-state index in [9.17, 15) is 5.11 Å². The number of rotatable bonds is 4. The largest absolute Gasteiger partial charge is 0.392 e. The molecule has 2 heterocycles. The van der Waals surface area contributed by atoms with Crippen molar-refractivity contribution in [1.29, 1.82) is 0 Å². The maximum absolute atomic E-state index is 9.61. The molecule has 2 rings (SSSR count). The summed E-state index contributed by atoms with van der Waals surface area (Å²) >= 11 is 0. The molecule has 0 aliphatic heterocycles. The van der Waals surface area contributed by atoms with Gasteiger partial charge in [0.25, 0.3) is 0 Å². The number of aromatic nitrogens is 2. The predicted molar refractivity (Wildman–Crippen MR) is 67.8 cm³/mol. The lowest BCUT2D eigenvalue weighted by molar-refractivity contribution is 0.0954. The highest BCUT2D eigenvalue weighted by atomic mass is 16.3. The number of imidazole rings is 1. The summed E-state index contributed by atoms with van der Waals surface area (Å²) in [6, 6.07) is 5.92. The Labute approximate surface area is 101 Å². The van der Waals surface area contributed by atoms with Crippen LogP contribution in [0.4, 0.5) is 0 Å². The van der Waals surface area contributed by atoms with Gasteiger partial charge in [-0.05, 0) is 32.9 Å². The number of nitrogens with zero attached hydrogens (tertiary/aromatic N) is 2. The quantitative estimate of drug-likeness (QED) is 0.843. The summed E-state index contributed by atoms with van der Waals surface area (Å²) in [6.07, 6.45) is 3.58. The van der Waals surface area contributed by atoms with Gasteiger partial charge in [0.2, 0.25) is 0 Å². The van der Waals surface area contributed by atoms with Crippen molar-refractivity contribution in [2.24, 2.45) is 0 Å². The van der Waals surface area contributed by atoms with Gasteiger partial charge >= 0.3 is 0 Å². The molecule has 1 unspecified atom stereocenters. The monoisotopic (exact) mass is 233 g/mol. The molecule has 4 nitrogen and oxygen atoms in total. The lowest BCUT2D eigenvalue weighted by Crippen LogP contribution is -2.47. The first-order valence-corrected chi connectivity index (χ1v) is 5.85. The molecule has 0 fully saturated rings. The molecule has 0 aliphatic carbocycles. The molecule has 2 aromatic heterocycles. The van der Waals surface area contributed by atoms with Gasteiger partial charge in [0.1, 0.15) is 5.65 Å². The molecule has 17 heavy (non-hydrogen) atoms. The predicted octanol–water partition coefficient (Wildman–Crippen LogP) is 1.58. The minimum absolute atomic E-state index is 0.310. The highest BCUT2D eigenvalue weighted by molar-refractivity contribution is 5.39. The number of hydrogen-bond donors (Lipinski definition) is 2. The van der Waals surface area contributed by atoms with Gasteiger partial charge in [0.15, 0.2) is 0 Å². The second kappa shape index (κ2) is 4.47. The molecule has 0 aromatic carbocycles. The molecule has 0 bridgehead atoms. The Kier molecular flexibility index (Phi) is 3.17. The average molecular weight is 233 g/mol. The Morgan fingerprint density at radius 3 is 2.88 bits per heavy atom. The summed E-state index contributed by atoms with van der Waals surface area (Å²) in [5.41, 5.74) is 1.61. The lowest BCUT2D eigenvalue weighted by atomic mass is 9.99. The van der Waals surface area contributed by atoms with Gasteiger partial charge in [-0.2, -0.15) is 0 Å². The standard InChI is InChI=1S/C13H19N3O/c1-10(17)13(2,3)14-8-11-9-16-7-5-4-6-12(16)15-11/h4-7,9-10,14,17H,8H2,1-3H3. The molecule has 0 saturated carbocycles. The first-order valence-electron chi connectivity index (χ1n) is 5.85. The average Bonchev–Trinajstić information content (AvgIpc) is 2.69. The van der Waals surface area contributed by atoms with Crippen molar-refractivity contribution in [2.75, 3.05) is 0 Å². The second-order valence-electron chi connectivity index (χ2n) is 4.95. The Morgan fingerprint density at radius 1 is 1.47 bits per heavy atom. The maximum Gasteiger partial charge on any atom is 0.137 e. The molecule has 0 spiro atoms. The van der Waals surface area contributed by atoms with Crippen LogP contribution in [0.3, 0.4) is 0 Å². The van der Waals surface area contributed by atoms with Crippen LogP contribution in [0.2, 0.25) is 0 Å². The second-order valence-corrected chi connectivity index (χ2v) is 4.95. The van der Waals surface area contributed by atoms with Crippen LogP contribution in [0.5, 0.6) is 0 Å². The highest BCUT2D eigenvalue weighted by Crippen LogP contribution is 2.10. The first-order chi connectivity index (χ1) is 7.99. The van der Waals surface area contributed by atoms with Crippen LogP contribution < -0.4 is 5.32 Å². The van der Waals surface area contributed by atoms with Gasteiger partial charge in [-0.15, -0.1) is 0 Å². The summed E-state index contributed by atoms with van der Waals surface area (Å²) in [5.74, 6) is 0. The SMILES string of the molecule is CC(O)C(C)(C)NCc1cn2ccccc2n1. The van der Waals surface area contributed by atoms with E-state index in [2.05, 4.69) is 10.3 Å². The van der Waals surface area contributed by atoms with E-state index in [1.807, 2.05) is 48.8 Å². The maximum atomic E-state index is 9.61. The van der Waals surface area contributed by atoms with E-state index in [-0.39, 0.29) is 5.54 Å². The van der Waals surface area contributed by atoms with Crippen LogP contribution in [0, 0.1) is 0 Å². The van der Waals surface area contributed by atoms with Gasteiger partial charge in [-0.1, -0.05) is 6.07 Å². The third kappa shape index (κ3) is 2.65. The van der Waals surface area contributed by atoms with Crippen molar-refractivity contribution in [2.45, 2.75) is 39.0 Å². The van der Waals surface area contributed by atoms with Gasteiger partial charge in [0.05, 0.1) is 11.8 Å². The zero-order valence-electron chi connectivity index (χ0n) is 10.5. The molecule has 2 aromatic rings. The van der Waals surface area contributed by atoms with E-state index in [0.29, 0.717) is 6.54 Å². The molecular weight excluding hydrogens is 214 g/mol. The number of hydrogen-bond acceptors (Lipinski definition) is 3. The van der Waals surface area contributed by atoms with E-state index >= 15 is 0 Å². The topological polar surface area (TPSA) is 49.6 Å². The van der Waals surface area contributed by atoms with Gasteiger partial charge in [-0.25, -0.2) is 4.98 Å². The number of aliphatic hydroxyl groups excluding tert-OH is 1. The van der Waals surface area contributed by atoms with Crippen molar-refractivity contribution >= 4 is 5.65 Å². The van der Waals surface area contributed by atoms with E-state index in [1.165, 1.54) is 0 Å². The number of fused-ring (bicyclic) bond motifs is 1. The van der Waals surface area contributed by atoms with Gasteiger partial charge in [0, 0.05) is 24.5 Å².